The van der Waals surface area contributed by atoms with Crippen molar-refractivity contribution in [1.29, 1.82) is 0 Å². The normalized spacial score (nSPS) is 10.3. The standard InChI is InChI=1S/C10H14N4O4.H2/c1-12-8-7(11)9(16)14(10(17)13(8)2)4-6(15)5-18-3;/h1,4-5,11H2,2-3H3;1H. The van der Waals surface area contributed by atoms with Gasteiger partial charge in [-0.1, -0.05) is 0 Å². The molecule has 0 spiro atoms. The van der Waals surface area contributed by atoms with Gasteiger partial charge in [0.15, 0.2) is 11.6 Å². The lowest BCUT2D eigenvalue weighted by atomic mass is 10.4. The van der Waals surface area contributed by atoms with Crippen molar-refractivity contribution in [3.05, 3.63) is 20.8 Å². The molecular weight excluding hydrogens is 240 g/mol. The number of ether oxygens (including phenoxy) is 1. The minimum Gasteiger partial charge on any atom is -0.391 e. The largest absolute Gasteiger partial charge is 0.391 e. The fourth-order valence-corrected chi connectivity index (χ4v) is 1.49. The van der Waals surface area contributed by atoms with Gasteiger partial charge in [0, 0.05) is 15.6 Å². The first-order valence-electron chi connectivity index (χ1n) is 5.00. The van der Waals surface area contributed by atoms with Crippen molar-refractivity contribution in [2.24, 2.45) is 12.0 Å². The molecule has 0 radical (unpaired) electrons. The van der Waals surface area contributed by atoms with Crippen LogP contribution in [0, 0.1) is 0 Å². The third-order valence-electron chi connectivity index (χ3n) is 2.34. The van der Waals surface area contributed by atoms with E-state index in [2.05, 4.69) is 16.4 Å². The molecule has 0 bridgehead atoms. The highest BCUT2D eigenvalue weighted by molar-refractivity contribution is 5.79. The Morgan fingerprint density at radius 2 is 2.17 bits per heavy atom. The number of hydrogen-bond donors (Lipinski definition) is 1. The molecule has 0 saturated heterocycles. The van der Waals surface area contributed by atoms with Crippen molar-refractivity contribution in [3.63, 3.8) is 0 Å². The Morgan fingerprint density at radius 3 is 2.67 bits per heavy atom. The number of ketones is 1. The minimum atomic E-state index is -0.759. The second-order valence-electron chi connectivity index (χ2n) is 3.60. The summed E-state index contributed by atoms with van der Waals surface area (Å²) in [5.41, 5.74) is 3.88. The van der Waals surface area contributed by atoms with E-state index in [1.807, 2.05) is 0 Å². The molecule has 0 aromatic carbocycles. The van der Waals surface area contributed by atoms with Crippen molar-refractivity contribution < 1.29 is 11.0 Å². The van der Waals surface area contributed by atoms with Crippen LogP contribution in [0.2, 0.25) is 0 Å². The van der Waals surface area contributed by atoms with Crippen LogP contribution in [0.1, 0.15) is 1.43 Å². The van der Waals surface area contributed by atoms with E-state index in [9.17, 15) is 14.4 Å². The second-order valence-corrected chi connectivity index (χ2v) is 3.60. The van der Waals surface area contributed by atoms with E-state index in [1.165, 1.54) is 14.2 Å². The van der Waals surface area contributed by atoms with Crippen molar-refractivity contribution >= 4 is 24.0 Å². The van der Waals surface area contributed by atoms with Crippen molar-refractivity contribution in [1.82, 2.24) is 9.13 Å². The second kappa shape index (κ2) is 5.41. The number of aliphatic imine (C=N–C) groups is 1. The maximum Gasteiger partial charge on any atom is 0.332 e. The van der Waals surface area contributed by atoms with E-state index in [-0.39, 0.29) is 26.1 Å². The zero-order valence-corrected chi connectivity index (χ0v) is 10.2. The van der Waals surface area contributed by atoms with Crippen LogP contribution >= 0.6 is 0 Å². The van der Waals surface area contributed by atoms with Crippen molar-refractivity contribution in [2.45, 2.75) is 6.54 Å². The summed E-state index contributed by atoms with van der Waals surface area (Å²) in [7, 11) is 2.73. The number of anilines is 1. The molecule has 8 heteroatoms. The molecule has 1 aromatic rings. The number of methoxy groups -OCH3 is 1. The Balaban J connectivity index is 0.00000324. The topological polar surface area (TPSA) is 109 Å². The average Bonchev–Trinajstić information content (AvgIpc) is 2.33. The van der Waals surface area contributed by atoms with E-state index in [4.69, 9.17) is 5.73 Å². The first kappa shape index (κ1) is 13.8. The Labute approximate surface area is 104 Å². The minimum absolute atomic E-state index is 0. The molecule has 0 aliphatic rings. The van der Waals surface area contributed by atoms with Crippen LogP contribution in [0.25, 0.3) is 0 Å². The van der Waals surface area contributed by atoms with E-state index < -0.39 is 17.0 Å². The van der Waals surface area contributed by atoms with Gasteiger partial charge < -0.3 is 10.5 Å². The fourth-order valence-electron chi connectivity index (χ4n) is 1.49. The van der Waals surface area contributed by atoms with Gasteiger partial charge in [0.2, 0.25) is 0 Å². The lowest BCUT2D eigenvalue weighted by molar-refractivity contribution is -0.123. The average molecular weight is 256 g/mol. The molecule has 0 saturated carbocycles. The SMILES string of the molecule is C=Nc1c(N)c(=O)n(CC(=O)COC)c(=O)n1C.[HH]. The summed E-state index contributed by atoms with van der Waals surface area (Å²) in [4.78, 5) is 38.6. The fraction of sp³-hybridized carbons (Fsp3) is 0.400. The molecule has 8 nitrogen and oxygen atoms in total. The van der Waals surface area contributed by atoms with Crippen LogP contribution in [0.4, 0.5) is 11.5 Å². The summed E-state index contributed by atoms with van der Waals surface area (Å²) >= 11 is 0. The first-order chi connectivity index (χ1) is 8.43. The van der Waals surface area contributed by atoms with Gasteiger partial charge in [0.25, 0.3) is 5.56 Å². The number of nitrogens with two attached hydrogens (primary N) is 1. The maximum atomic E-state index is 11.9. The van der Waals surface area contributed by atoms with E-state index >= 15 is 0 Å². The summed E-state index contributed by atoms with van der Waals surface area (Å²) in [5.74, 6) is -0.421. The third-order valence-corrected chi connectivity index (χ3v) is 2.34. The van der Waals surface area contributed by atoms with Gasteiger partial charge in [0.1, 0.15) is 12.3 Å². The third kappa shape index (κ3) is 2.38. The lowest BCUT2D eigenvalue weighted by Gasteiger charge is -2.10. The van der Waals surface area contributed by atoms with Crippen LogP contribution in [0.3, 0.4) is 0 Å². The maximum absolute atomic E-state index is 11.9. The lowest BCUT2D eigenvalue weighted by Crippen LogP contribution is -2.42. The molecule has 18 heavy (non-hydrogen) atoms. The van der Waals surface area contributed by atoms with Gasteiger partial charge in [-0.3, -0.25) is 18.7 Å². The molecule has 0 fully saturated rings. The number of hydrogen-bond acceptors (Lipinski definition) is 6. The molecule has 0 aliphatic heterocycles. The predicted molar refractivity (Wildman–Crippen MR) is 68.6 cm³/mol. The quantitative estimate of drug-likeness (QED) is 0.674. The van der Waals surface area contributed by atoms with Crippen LogP contribution < -0.4 is 17.0 Å². The summed E-state index contributed by atoms with van der Waals surface area (Å²) in [6.45, 7) is 2.66. The number of aromatic nitrogens is 2. The Bertz CT molecular complexity index is 568. The molecule has 0 unspecified atom stereocenters. The van der Waals surface area contributed by atoms with Gasteiger partial charge >= 0.3 is 5.69 Å². The molecule has 0 atom stereocenters. The summed E-state index contributed by atoms with van der Waals surface area (Å²) < 4.78 is 6.43. The van der Waals surface area contributed by atoms with Gasteiger partial charge in [0.05, 0.1) is 6.54 Å². The van der Waals surface area contributed by atoms with Crippen molar-refractivity contribution in [2.75, 3.05) is 19.5 Å². The summed E-state index contributed by atoms with van der Waals surface area (Å²) in [6.07, 6.45) is 0. The molecule has 0 amide bonds. The number of carbonyl (C=O) groups is 1. The monoisotopic (exact) mass is 256 g/mol. The zero-order chi connectivity index (χ0) is 13.9. The van der Waals surface area contributed by atoms with Gasteiger partial charge in [-0.25, -0.2) is 9.79 Å². The Hall–Kier alpha value is -2.22. The first-order valence-corrected chi connectivity index (χ1v) is 5.00. The highest BCUT2D eigenvalue weighted by Gasteiger charge is 2.15. The molecule has 0 aliphatic carbocycles. The highest BCUT2D eigenvalue weighted by atomic mass is 16.5. The Kier molecular flexibility index (Phi) is 4.16. The van der Waals surface area contributed by atoms with Crippen LogP contribution in [0.5, 0.6) is 0 Å². The summed E-state index contributed by atoms with van der Waals surface area (Å²) in [5, 5.41) is 0. The number of carbonyl (C=O) groups excluding carboxylic acids is 1. The predicted octanol–water partition coefficient (Wildman–Crippen LogP) is -1.08. The molecule has 1 aromatic heterocycles. The molecule has 1 heterocycles. The molecule has 1 rings (SSSR count). The summed E-state index contributed by atoms with van der Waals surface area (Å²) in [6, 6.07) is 0. The highest BCUT2D eigenvalue weighted by Crippen LogP contribution is 2.12. The molecular formula is C10H16N4O4. The Morgan fingerprint density at radius 1 is 1.56 bits per heavy atom. The van der Waals surface area contributed by atoms with Crippen LogP contribution in [-0.2, 0) is 23.1 Å². The zero-order valence-electron chi connectivity index (χ0n) is 10.2. The number of Topliss-reactive ketones (excluding diaryl/α,β-unsaturated/α-hetero) is 1. The van der Waals surface area contributed by atoms with Crippen LogP contribution in [-0.4, -0.2) is 35.4 Å². The van der Waals surface area contributed by atoms with Gasteiger partial charge in [-0.05, 0) is 6.72 Å². The molecule has 2 N–H and O–H groups in total. The molecule has 100 valence electrons. The van der Waals surface area contributed by atoms with Gasteiger partial charge in [-0.2, -0.15) is 0 Å². The van der Waals surface area contributed by atoms with E-state index in [0.29, 0.717) is 0 Å². The smallest absolute Gasteiger partial charge is 0.332 e. The van der Waals surface area contributed by atoms with E-state index in [0.717, 1.165) is 9.13 Å². The van der Waals surface area contributed by atoms with E-state index in [1.54, 1.807) is 0 Å². The number of nitrogen functional groups attached to an aromatic ring is 1. The number of nitrogens with zero attached hydrogens (tertiary/aromatic N) is 3. The number of rotatable bonds is 5. The van der Waals surface area contributed by atoms with Gasteiger partial charge in [-0.15, -0.1) is 0 Å². The van der Waals surface area contributed by atoms with Crippen molar-refractivity contribution in [3.8, 4) is 0 Å². The van der Waals surface area contributed by atoms with Crippen LogP contribution in [0.15, 0.2) is 14.6 Å².